The average molecular weight is 308 g/mol. The van der Waals surface area contributed by atoms with Crippen molar-refractivity contribution >= 4 is 29.3 Å². The van der Waals surface area contributed by atoms with Gasteiger partial charge >= 0.3 is 12.0 Å². The third-order valence-electron chi connectivity index (χ3n) is 3.55. The second-order valence-electron chi connectivity index (χ2n) is 4.98. The van der Waals surface area contributed by atoms with E-state index in [4.69, 9.17) is 16.9 Å². The molecule has 0 bridgehead atoms. The number of amides is 2. The Bertz CT molecular complexity index is 626. The maximum absolute atomic E-state index is 12.2. The van der Waals surface area contributed by atoms with E-state index in [1.807, 2.05) is 6.07 Å². The molecule has 0 radical (unpaired) electrons. The second kappa shape index (κ2) is 6.02. The fraction of sp³-hybridized carbons (Fsp3) is 0.357. The van der Waals surface area contributed by atoms with Gasteiger partial charge in [-0.05, 0) is 30.5 Å². The Kier molecular flexibility index (Phi) is 4.34. The summed E-state index contributed by atoms with van der Waals surface area (Å²) in [6.45, 7) is 2.18. The number of anilines is 1. The van der Waals surface area contributed by atoms with Crippen LogP contribution in [0.5, 0.6) is 0 Å². The molecule has 1 aliphatic heterocycles. The normalized spacial score (nSPS) is 20.9. The van der Waals surface area contributed by atoms with Gasteiger partial charge in [0.15, 0.2) is 0 Å². The minimum atomic E-state index is -1.02. The summed E-state index contributed by atoms with van der Waals surface area (Å²) in [5, 5.41) is 20.9. The summed E-state index contributed by atoms with van der Waals surface area (Å²) >= 11 is 5.97. The number of hydrogen-bond donors (Lipinski definition) is 2. The number of benzene rings is 1. The molecule has 0 aliphatic carbocycles. The first-order chi connectivity index (χ1) is 9.93. The summed E-state index contributed by atoms with van der Waals surface area (Å²) in [5.74, 6) is -1.12. The van der Waals surface area contributed by atoms with Crippen molar-refractivity contribution in [2.75, 3.05) is 11.9 Å². The van der Waals surface area contributed by atoms with Crippen LogP contribution in [0.3, 0.4) is 0 Å². The van der Waals surface area contributed by atoms with E-state index >= 15 is 0 Å². The summed E-state index contributed by atoms with van der Waals surface area (Å²) in [4.78, 5) is 24.8. The number of nitrogens with zero attached hydrogens (tertiary/aromatic N) is 2. The van der Waals surface area contributed by atoms with Crippen LogP contribution in [0.25, 0.3) is 0 Å². The first-order valence-electron chi connectivity index (χ1n) is 6.44. The van der Waals surface area contributed by atoms with Gasteiger partial charge in [0.05, 0.1) is 22.3 Å². The highest BCUT2D eigenvalue weighted by molar-refractivity contribution is 6.33. The van der Waals surface area contributed by atoms with Crippen molar-refractivity contribution in [1.29, 1.82) is 5.26 Å². The molecule has 110 valence electrons. The molecule has 0 aromatic heterocycles. The van der Waals surface area contributed by atoms with Crippen molar-refractivity contribution in [3.63, 3.8) is 0 Å². The van der Waals surface area contributed by atoms with E-state index < -0.39 is 18.0 Å². The first kappa shape index (κ1) is 15.1. The molecule has 2 amide bonds. The molecule has 1 aromatic carbocycles. The smallest absolute Gasteiger partial charge is 0.326 e. The Morgan fingerprint density at radius 3 is 2.86 bits per heavy atom. The summed E-state index contributed by atoms with van der Waals surface area (Å²) in [6, 6.07) is 5.09. The molecular formula is C14H14ClN3O3. The summed E-state index contributed by atoms with van der Waals surface area (Å²) < 4.78 is 0. The zero-order valence-corrected chi connectivity index (χ0v) is 12.1. The Labute approximate surface area is 126 Å². The van der Waals surface area contributed by atoms with Crippen LogP contribution in [0.1, 0.15) is 18.9 Å². The highest BCUT2D eigenvalue weighted by Crippen LogP contribution is 2.27. The number of carbonyl (C=O) groups excluding carboxylic acids is 1. The quantitative estimate of drug-likeness (QED) is 0.878. The van der Waals surface area contributed by atoms with Crippen LogP contribution < -0.4 is 5.32 Å². The van der Waals surface area contributed by atoms with Crippen molar-refractivity contribution in [3.05, 3.63) is 28.8 Å². The largest absolute Gasteiger partial charge is 0.480 e. The molecule has 1 aliphatic rings. The lowest BCUT2D eigenvalue weighted by molar-refractivity contribution is -0.142. The Morgan fingerprint density at radius 2 is 2.24 bits per heavy atom. The predicted octanol–water partition coefficient (Wildman–Crippen LogP) is 2.54. The molecule has 2 unspecified atom stereocenters. The minimum absolute atomic E-state index is 0.103. The molecule has 2 atom stereocenters. The number of urea groups is 1. The molecule has 1 aromatic rings. The highest BCUT2D eigenvalue weighted by atomic mass is 35.5. The van der Waals surface area contributed by atoms with Gasteiger partial charge in [-0.1, -0.05) is 18.5 Å². The molecule has 1 heterocycles. The van der Waals surface area contributed by atoms with Crippen molar-refractivity contribution in [1.82, 2.24) is 4.90 Å². The maximum Gasteiger partial charge on any atom is 0.326 e. The van der Waals surface area contributed by atoms with Crippen molar-refractivity contribution < 1.29 is 14.7 Å². The fourth-order valence-corrected chi connectivity index (χ4v) is 2.59. The Balaban J connectivity index is 2.19. The third-order valence-corrected chi connectivity index (χ3v) is 3.88. The van der Waals surface area contributed by atoms with Crippen molar-refractivity contribution in [3.8, 4) is 6.07 Å². The molecule has 0 spiro atoms. The van der Waals surface area contributed by atoms with Crippen LogP contribution >= 0.6 is 11.6 Å². The molecule has 1 saturated heterocycles. The maximum atomic E-state index is 12.2. The topological polar surface area (TPSA) is 93.4 Å². The lowest BCUT2D eigenvalue weighted by atomic mass is 10.0. The van der Waals surface area contributed by atoms with Crippen molar-refractivity contribution in [2.24, 2.45) is 5.92 Å². The number of halogens is 1. The first-order valence-corrected chi connectivity index (χ1v) is 6.82. The lowest BCUT2D eigenvalue weighted by Gasteiger charge is -2.23. The molecule has 21 heavy (non-hydrogen) atoms. The van der Waals surface area contributed by atoms with Crippen LogP contribution in [0.2, 0.25) is 5.02 Å². The van der Waals surface area contributed by atoms with E-state index in [-0.39, 0.29) is 5.92 Å². The van der Waals surface area contributed by atoms with E-state index in [2.05, 4.69) is 5.32 Å². The number of aliphatic carboxylic acids is 1. The molecule has 2 rings (SSSR count). The van der Waals surface area contributed by atoms with Gasteiger partial charge in [0.2, 0.25) is 0 Å². The summed E-state index contributed by atoms with van der Waals surface area (Å²) in [5.41, 5.74) is 0.656. The number of hydrogen-bond acceptors (Lipinski definition) is 3. The average Bonchev–Trinajstić information content (AvgIpc) is 2.83. The SMILES string of the molecule is CC1CCN(C(=O)Nc2cc(C#N)ccc2Cl)C1C(=O)O. The van der Waals surface area contributed by atoms with E-state index in [0.717, 1.165) is 0 Å². The standard InChI is InChI=1S/C14H14ClN3O3/c1-8-4-5-18(12(8)13(19)20)14(21)17-11-6-9(7-16)2-3-10(11)15/h2-3,6,8,12H,4-5H2,1H3,(H,17,21)(H,19,20). The zero-order chi connectivity index (χ0) is 15.6. The van der Waals surface area contributed by atoms with Crippen LogP contribution in [0.4, 0.5) is 10.5 Å². The van der Waals surface area contributed by atoms with Crippen molar-refractivity contribution in [2.45, 2.75) is 19.4 Å². The predicted molar refractivity (Wildman–Crippen MR) is 77.1 cm³/mol. The number of rotatable bonds is 2. The van der Waals surface area contributed by atoms with Gasteiger partial charge in [-0.25, -0.2) is 9.59 Å². The van der Waals surface area contributed by atoms with Crippen LogP contribution in [-0.4, -0.2) is 34.6 Å². The van der Waals surface area contributed by atoms with Gasteiger partial charge in [-0.15, -0.1) is 0 Å². The number of nitrogens with one attached hydrogen (secondary N) is 1. The number of carboxylic acid groups (broad SMARTS) is 1. The van der Waals surface area contributed by atoms with Crippen LogP contribution in [0, 0.1) is 17.2 Å². The second-order valence-corrected chi connectivity index (χ2v) is 5.39. The van der Waals surface area contributed by atoms with Gasteiger partial charge in [0.25, 0.3) is 0 Å². The van der Waals surface area contributed by atoms with Gasteiger partial charge in [0, 0.05) is 6.54 Å². The molecule has 2 N–H and O–H groups in total. The number of carbonyl (C=O) groups is 2. The monoisotopic (exact) mass is 307 g/mol. The molecular weight excluding hydrogens is 294 g/mol. The fourth-order valence-electron chi connectivity index (χ4n) is 2.43. The number of nitriles is 1. The number of carboxylic acids is 1. The minimum Gasteiger partial charge on any atom is -0.480 e. The van der Waals surface area contributed by atoms with Crippen LogP contribution in [-0.2, 0) is 4.79 Å². The summed E-state index contributed by atoms with van der Waals surface area (Å²) in [7, 11) is 0. The summed E-state index contributed by atoms with van der Waals surface area (Å²) in [6.07, 6.45) is 0.635. The zero-order valence-electron chi connectivity index (χ0n) is 11.3. The lowest BCUT2D eigenvalue weighted by Crippen LogP contribution is -2.44. The van der Waals surface area contributed by atoms with E-state index in [0.29, 0.717) is 29.2 Å². The molecule has 7 heteroatoms. The molecule has 6 nitrogen and oxygen atoms in total. The Hall–Kier alpha value is -2.26. The molecule has 0 saturated carbocycles. The van der Waals surface area contributed by atoms with E-state index in [1.54, 1.807) is 6.92 Å². The number of likely N-dealkylation sites (tertiary alicyclic amines) is 1. The van der Waals surface area contributed by atoms with Gasteiger partial charge in [0.1, 0.15) is 6.04 Å². The van der Waals surface area contributed by atoms with E-state index in [1.165, 1.54) is 23.1 Å². The highest BCUT2D eigenvalue weighted by Gasteiger charge is 2.39. The van der Waals surface area contributed by atoms with Gasteiger partial charge in [-0.2, -0.15) is 5.26 Å². The van der Waals surface area contributed by atoms with Gasteiger partial charge in [-0.3, -0.25) is 0 Å². The third kappa shape index (κ3) is 3.09. The van der Waals surface area contributed by atoms with E-state index in [9.17, 15) is 14.7 Å². The Morgan fingerprint density at radius 1 is 1.52 bits per heavy atom. The van der Waals surface area contributed by atoms with Gasteiger partial charge < -0.3 is 15.3 Å². The van der Waals surface area contributed by atoms with Crippen LogP contribution in [0.15, 0.2) is 18.2 Å². The molecule has 1 fully saturated rings.